The summed E-state index contributed by atoms with van der Waals surface area (Å²) in [5.41, 5.74) is 0.0644. The number of hydrogen-bond acceptors (Lipinski definition) is 5. The van der Waals surface area contributed by atoms with E-state index in [-0.39, 0.29) is 18.4 Å². The fraction of sp³-hybridized carbons (Fsp3) is 0.640. The second-order valence-electron chi connectivity index (χ2n) is 8.56. The van der Waals surface area contributed by atoms with E-state index in [1.54, 1.807) is 6.92 Å². The highest BCUT2D eigenvalue weighted by Crippen LogP contribution is 2.28. The van der Waals surface area contributed by atoms with Crippen LogP contribution in [0.5, 0.6) is 11.5 Å². The van der Waals surface area contributed by atoms with E-state index in [4.69, 9.17) is 9.47 Å². The zero-order valence-corrected chi connectivity index (χ0v) is 20.5. The van der Waals surface area contributed by atoms with Gasteiger partial charge in [0.1, 0.15) is 12.1 Å². The van der Waals surface area contributed by atoms with Gasteiger partial charge in [-0.1, -0.05) is 45.1 Å². The molecule has 1 heterocycles. The van der Waals surface area contributed by atoms with Crippen LogP contribution in [-0.2, 0) is 16.0 Å². The van der Waals surface area contributed by atoms with Gasteiger partial charge in [-0.2, -0.15) is 0 Å². The van der Waals surface area contributed by atoms with Crippen LogP contribution >= 0.6 is 0 Å². The second kappa shape index (κ2) is 13.1. The molecular formula is C25H39N3O5. The van der Waals surface area contributed by atoms with Crippen LogP contribution in [0.15, 0.2) is 18.2 Å². The van der Waals surface area contributed by atoms with Gasteiger partial charge in [-0.15, -0.1) is 0 Å². The molecule has 0 spiro atoms. The molecule has 1 aliphatic heterocycles. The van der Waals surface area contributed by atoms with Crippen molar-refractivity contribution in [3.05, 3.63) is 23.8 Å². The van der Waals surface area contributed by atoms with E-state index in [1.165, 1.54) is 6.42 Å². The van der Waals surface area contributed by atoms with E-state index in [1.807, 2.05) is 32.0 Å². The summed E-state index contributed by atoms with van der Waals surface area (Å²) in [6.07, 6.45) is 6.53. The van der Waals surface area contributed by atoms with E-state index >= 15 is 0 Å². The number of carbonyl (C=O) groups is 3. The minimum Gasteiger partial charge on any atom is -0.490 e. The fourth-order valence-electron chi connectivity index (χ4n) is 3.94. The number of urea groups is 1. The maximum absolute atomic E-state index is 12.8. The molecule has 0 radical (unpaired) electrons. The summed E-state index contributed by atoms with van der Waals surface area (Å²) in [6, 6.07) is 5.20. The van der Waals surface area contributed by atoms with Gasteiger partial charge in [-0.25, -0.2) is 4.79 Å². The summed E-state index contributed by atoms with van der Waals surface area (Å²) in [6.45, 7) is 8.92. The van der Waals surface area contributed by atoms with Gasteiger partial charge in [0.05, 0.1) is 13.2 Å². The molecule has 1 aliphatic rings. The summed E-state index contributed by atoms with van der Waals surface area (Å²) in [5.74, 6) is 0.684. The molecule has 2 N–H and O–H groups in total. The Labute approximate surface area is 197 Å². The van der Waals surface area contributed by atoms with Gasteiger partial charge in [0, 0.05) is 6.54 Å². The molecule has 4 amide bonds. The van der Waals surface area contributed by atoms with Crippen LogP contribution < -0.4 is 20.1 Å². The highest BCUT2D eigenvalue weighted by Gasteiger charge is 2.47. The van der Waals surface area contributed by atoms with Crippen LogP contribution in [0.2, 0.25) is 0 Å². The van der Waals surface area contributed by atoms with Crippen LogP contribution in [0, 0.1) is 0 Å². The Bertz CT molecular complexity index is 813. The highest BCUT2D eigenvalue weighted by atomic mass is 16.5. The molecule has 1 aromatic rings. The van der Waals surface area contributed by atoms with Crippen LogP contribution in [0.1, 0.15) is 71.8 Å². The van der Waals surface area contributed by atoms with Crippen molar-refractivity contribution in [2.75, 3.05) is 26.3 Å². The molecule has 1 saturated heterocycles. The molecule has 184 valence electrons. The van der Waals surface area contributed by atoms with Gasteiger partial charge in [0.25, 0.3) is 5.91 Å². The Morgan fingerprint density at radius 3 is 2.42 bits per heavy atom. The lowest BCUT2D eigenvalue weighted by Gasteiger charge is -2.21. The summed E-state index contributed by atoms with van der Waals surface area (Å²) in [5, 5.41) is 5.57. The van der Waals surface area contributed by atoms with Crippen LogP contribution in [0.4, 0.5) is 4.79 Å². The standard InChI is InChI=1S/C25H39N3O5/c1-5-8-9-10-11-15-25(4)23(30)28(24(31)27-25)18-22(29)26-16-14-19-12-13-20(32-6-2)21(17-19)33-7-3/h12-13,17H,5-11,14-16,18H2,1-4H3,(H,26,29)(H,27,31). The third-order valence-corrected chi connectivity index (χ3v) is 5.77. The molecular weight excluding hydrogens is 422 g/mol. The number of imide groups is 1. The molecule has 1 fully saturated rings. The van der Waals surface area contributed by atoms with Gasteiger partial charge >= 0.3 is 6.03 Å². The normalized spacial score (nSPS) is 17.8. The molecule has 33 heavy (non-hydrogen) atoms. The van der Waals surface area contributed by atoms with E-state index in [0.29, 0.717) is 44.1 Å². The van der Waals surface area contributed by atoms with Gasteiger partial charge in [0.2, 0.25) is 5.91 Å². The van der Waals surface area contributed by atoms with Crippen molar-refractivity contribution in [2.45, 2.75) is 78.2 Å². The average molecular weight is 462 g/mol. The van der Waals surface area contributed by atoms with Crippen molar-refractivity contribution in [1.29, 1.82) is 0 Å². The second-order valence-corrected chi connectivity index (χ2v) is 8.56. The van der Waals surface area contributed by atoms with E-state index in [2.05, 4.69) is 17.6 Å². The van der Waals surface area contributed by atoms with Crippen LogP contribution in [0.3, 0.4) is 0 Å². The topological polar surface area (TPSA) is 97.0 Å². The van der Waals surface area contributed by atoms with Crippen molar-refractivity contribution in [1.82, 2.24) is 15.5 Å². The van der Waals surface area contributed by atoms with Crippen molar-refractivity contribution < 1.29 is 23.9 Å². The molecule has 8 heteroatoms. The van der Waals surface area contributed by atoms with Gasteiger partial charge in [-0.05, 0) is 51.3 Å². The van der Waals surface area contributed by atoms with Crippen molar-refractivity contribution in [3.8, 4) is 11.5 Å². The first-order valence-electron chi connectivity index (χ1n) is 12.1. The summed E-state index contributed by atoms with van der Waals surface area (Å²) in [4.78, 5) is 38.6. The molecule has 0 saturated carbocycles. The zero-order valence-electron chi connectivity index (χ0n) is 20.5. The molecule has 0 aromatic heterocycles. The number of hydrogen-bond donors (Lipinski definition) is 2. The fourth-order valence-corrected chi connectivity index (χ4v) is 3.94. The number of rotatable bonds is 15. The molecule has 0 bridgehead atoms. The quantitative estimate of drug-likeness (QED) is 0.306. The van der Waals surface area contributed by atoms with Crippen molar-refractivity contribution in [3.63, 3.8) is 0 Å². The van der Waals surface area contributed by atoms with Crippen LogP contribution in [0.25, 0.3) is 0 Å². The third kappa shape index (κ3) is 7.65. The first-order chi connectivity index (χ1) is 15.8. The van der Waals surface area contributed by atoms with Crippen molar-refractivity contribution >= 4 is 17.8 Å². The SMILES string of the molecule is CCCCCCCC1(C)NC(=O)N(CC(=O)NCCc2ccc(OCC)c(OCC)c2)C1=O. The largest absolute Gasteiger partial charge is 0.490 e. The predicted octanol–water partition coefficient (Wildman–Crippen LogP) is 3.81. The lowest BCUT2D eigenvalue weighted by atomic mass is 9.94. The number of nitrogens with zero attached hydrogens (tertiary/aromatic N) is 1. The van der Waals surface area contributed by atoms with E-state index in [0.717, 1.165) is 36.1 Å². The summed E-state index contributed by atoms with van der Waals surface area (Å²) in [7, 11) is 0. The third-order valence-electron chi connectivity index (χ3n) is 5.77. The Hall–Kier alpha value is -2.77. The maximum atomic E-state index is 12.8. The van der Waals surface area contributed by atoms with Gasteiger partial charge in [-0.3, -0.25) is 14.5 Å². The zero-order chi connectivity index (χ0) is 24.3. The van der Waals surface area contributed by atoms with E-state index in [9.17, 15) is 14.4 Å². The lowest BCUT2D eigenvalue weighted by Crippen LogP contribution is -2.45. The first-order valence-corrected chi connectivity index (χ1v) is 12.1. The number of ether oxygens (including phenoxy) is 2. The summed E-state index contributed by atoms with van der Waals surface area (Å²) >= 11 is 0. The minimum absolute atomic E-state index is 0.274. The summed E-state index contributed by atoms with van der Waals surface area (Å²) < 4.78 is 11.2. The molecule has 2 rings (SSSR count). The van der Waals surface area contributed by atoms with Gasteiger partial charge in [0.15, 0.2) is 11.5 Å². The van der Waals surface area contributed by atoms with E-state index < -0.39 is 11.6 Å². The van der Waals surface area contributed by atoms with Crippen molar-refractivity contribution in [2.24, 2.45) is 0 Å². The lowest BCUT2D eigenvalue weighted by molar-refractivity contribution is -0.134. The molecule has 0 aliphatic carbocycles. The Kier molecular flexibility index (Phi) is 10.5. The highest BCUT2D eigenvalue weighted by molar-refractivity contribution is 6.08. The Balaban J connectivity index is 1.82. The van der Waals surface area contributed by atoms with Crippen LogP contribution in [-0.4, -0.2) is 54.6 Å². The number of nitrogens with one attached hydrogen (secondary N) is 2. The first kappa shape index (κ1) is 26.5. The minimum atomic E-state index is -0.929. The van der Waals surface area contributed by atoms with Gasteiger partial charge < -0.3 is 20.1 Å². The number of benzene rings is 1. The molecule has 1 aromatic carbocycles. The molecule has 1 unspecified atom stereocenters. The number of amides is 4. The average Bonchev–Trinajstić information content (AvgIpc) is 2.99. The Morgan fingerprint density at radius 2 is 1.73 bits per heavy atom. The number of unbranched alkanes of at least 4 members (excludes halogenated alkanes) is 4. The molecule has 8 nitrogen and oxygen atoms in total. The molecule has 1 atom stereocenters. The monoisotopic (exact) mass is 461 g/mol. The smallest absolute Gasteiger partial charge is 0.325 e. The maximum Gasteiger partial charge on any atom is 0.325 e. The predicted molar refractivity (Wildman–Crippen MR) is 128 cm³/mol. The Morgan fingerprint density at radius 1 is 1.03 bits per heavy atom. The number of carbonyl (C=O) groups excluding carboxylic acids is 3.